The molecule has 0 radical (unpaired) electrons. The van der Waals surface area contributed by atoms with Gasteiger partial charge < -0.3 is 15.3 Å². The van der Waals surface area contributed by atoms with Crippen molar-refractivity contribution in [2.75, 3.05) is 19.6 Å². The SMILES string of the molecule is CCCC(=O)NCC(=O)N1C[C@H](C(=O)O)[C@@H](C2CC2)C1. The van der Waals surface area contributed by atoms with Crippen LogP contribution in [0.5, 0.6) is 0 Å². The fraction of sp³-hybridized carbons (Fsp3) is 0.786. The number of carbonyl (C=O) groups is 3. The quantitative estimate of drug-likeness (QED) is 0.741. The molecule has 0 aromatic heterocycles. The van der Waals surface area contributed by atoms with Crippen molar-refractivity contribution in [3.63, 3.8) is 0 Å². The smallest absolute Gasteiger partial charge is 0.308 e. The zero-order valence-corrected chi connectivity index (χ0v) is 11.8. The first kappa shape index (κ1) is 14.8. The van der Waals surface area contributed by atoms with Crippen molar-refractivity contribution >= 4 is 17.8 Å². The molecule has 20 heavy (non-hydrogen) atoms. The Bertz CT molecular complexity index is 406. The largest absolute Gasteiger partial charge is 0.481 e. The van der Waals surface area contributed by atoms with Gasteiger partial charge in [-0.3, -0.25) is 14.4 Å². The van der Waals surface area contributed by atoms with Crippen LogP contribution in [0.4, 0.5) is 0 Å². The lowest BCUT2D eigenvalue weighted by Crippen LogP contribution is -2.39. The zero-order chi connectivity index (χ0) is 14.7. The summed E-state index contributed by atoms with van der Waals surface area (Å²) in [6.45, 7) is 2.67. The van der Waals surface area contributed by atoms with Gasteiger partial charge in [0.1, 0.15) is 0 Å². The molecule has 2 N–H and O–H groups in total. The van der Waals surface area contributed by atoms with Crippen molar-refractivity contribution < 1.29 is 19.5 Å². The molecule has 0 spiro atoms. The molecule has 2 aliphatic rings. The third kappa shape index (κ3) is 3.49. The highest BCUT2D eigenvalue weighted by molar-refractivity contribution is 5.85. The monoisotopic (exact) mass is 282 g/mol. The Balaban J connectivity index is 1.85. The Hall–Kier alpha value is -1.59. The van der Waals surface area contributed by atoms with E-state index in [2.05, 4.69) is 5.32 Å². The van der Waals surface area contributed by atoms with Crippen molar-refractivity contribution in [3.8, 4) is 0 Å². The third-order valence-electron chi connectivity index (χ3n) is 4.18. The van der Waals surface area contributed by atoms with Crippen LogP contribution in [0.15, 0.2) is 0 Å². The van der Waals surface area contributed by atoms with Crippen molar-refractivity contribution in [1.29, 1.82) is 0 Å². The molecular weight excluding hydrogens is 260 g/mol. The third-order valence-corrected chi connectivity index (χ3v) is 4.18. The Labute approximate surface area is 118 Å². The number of carboxylic acid groups (broad SMARTS) is 1. The lowest BCUT2D eigenvalue weighted by Gasteiger charge is -2.16. The van der Waals surface area contributed by atoms with Crippen LogP contribution in [0, 0.1) is 17.8 Å². The number of nitrogens with zero attached hydrogens (tertiary/aromatic N) is 1. The number of rotatable bonds is 6. The number of carboxylic acids is 1. The summed E-state index contributed by atoms with van der Waals surface area (Å²) in [5.74, 6) is -1.02. The molecule has 2 amide bonds. The van der Waals surface area contributed by atoms with Gasteiger partial charge in [-0.25, -0.2) is 0 Å². The molecule has 0 unspecified atom stereocenters. The van der Waals surface area contributed by atoms with E-state index in [1.54, 1.807) is 4.90 Å². The van der Waals surface area contributed by atoms with E-state index in [1.165, 1.54) is 0 Å². The normalized spacial score (nSPS) is 25.6. The highest BCUT2D eigenvalue weighted by atomic mass is 16.4. The molecule has 1 saturated heterocycles. The standard InChI is InChI=1S/C14H22N2O4/c1-2-3-12(17)15-6-13(18)16-7-10(9-4-5-9)11(8-16)14(19)20/h9-11H,2-8H2,1H3,(H,15,17)(H,19,20)/t10-,11+/m1/s1. The van der Waals surface area contributed by atoms with Crippen LogP contribution in [0.3, 0.4) is 0 Å². The van der Waals surface area contributed by atoms with E-state index in [-0.39, 0.29) is 30.8 Å². The highest BCUT2D eigenvalue weighted by Gasteiger charge is 2.46. The number of hydrogen-bond acceptors (Lipinski definition) is 3. The second kappa shape index (κ2) is 6.24. The average Bonchev–Trinajstić information content (AvgIpc) is 3.14. The van der Waals surface area contributed by atoms with Crippen LogP contribution >= 0.6 is 0 Å². The minimum Gasteiger partial charge on any atom is -0.481 e. The van der Waals surface area contributed by atoms with Crippen LogP contribution < -0.4 is 5.32 Å². The maximum atomic E-state index is 12.0. The molecular formula is C14H22N2O4. The van der Waals surface area contributed by atoms with Gasteiger partial charge in [-0.15, -0.1) is 0 Å². The Morgan fingerprint density at radius 3 is 2.50 bits per heavy atom. The number of amides is 2. The number of hydrogen-bond donors (Lipinski definition) is 2. The number of nitrogens with one attached hydrogen (secondary N) is 1. The predicted octanol–water partition coefficient (Wildman–Crippen LogP) is 0.472. The fourth-order valence-corrected chi connectivity index (χ4v) is 2.90. The summed E-state index contributed by atoms with van der Waals surface area (Å²) in [5.41, 5.74) is 0. The van der Waals surface area contributed by atoms with Gasteiger partial charge in [0.2, 0.25) is 11.8 Å². The van der Waals surface area contributed by atoms with Gasteiger partial charge in [-0.2, -0.15) is 0 Å². The molecule has 1 saturated carbocycles. The van der Waals surface area contributed by atoms with Crippen LogP contribution in [0.2, 0.25) is 0 Å². The van der Waals surface area contributed by atoms with E-state index < -0.39 is 11.9 Å². The minimum absolute atomic E-state index is 0.0252. The summed E-state index contributed by atoms with van der Waals surface area (Å²) >= 11 is 0. The van der Waals surface area contributed by atoms with Crippen molar-refractivity contribution in [2.45, 2.75) is 32.6 Å². The van der Waals surface area contributed by atoms with E-state index in [0.717, 1.165) is 19.3 Å². The van der Waals surface area contributed by atoms with Gasteiger partial charge in [0.15, 0.2) is 0 Å². The van der Waals surface area contributed by atoms with E-state index in [4.69, 9.17) is 0 Å². The van der Waals surface area contributed by atoms with Crippen LogP contribution in [0.25, 0.3) is 0 Å². The number of likely N-dealkylation sites (tertiary alicyclic amines) is 1. The lowest BCUT2D eigenvalue weighted by atomic mass is 9.92. The number of aliphatic carboxylic acids is 1. The summed E-state index contributed by atoms with van der Waals surface area (Å²) in [6.07, 6.45) is 3.30. The van der Waals surface area contributed by atoms with Gasteiger partial charge in [0.25, 0.3) is 0 Å². The molecule has 1 aliphatic carbocycles. The topological polar surface area (TPSA) is 86.7 Å². The first-order valence-electron chi connectivity index (χ1n) is 7.30. The maximum absolute atomic E-state index is 12.0. The summed E-state index contributed by atoms with van der Waals surface area (Å²) < 4.78 is 0. The minimum atomic E-state index is -0.813. The summed E-state index contributed by atoms with van der Waals surface area (Å²) in [5, 5.41) is 11.8. The summed E-state index contributed by atoms with van der Waals surface area (Å²) in [7, 11) is 0. The second-order valence-electron chi connectivity index (χ2n) is 5.77. The molecule has 2 fully saturated rings. The van der Waals surface area contributed by atoms with Crippen molar-refractivity contribution in [2.24, 2.45) is 17.8 Å². The molecule has 2 rings (SSSR count). The van der Waals surface area contributed by atoms with Crippen molar-refractivity contribution in [1.82, 2.24) is 10.2 Å². The van der Waals surface area contributed by atoms with Gasteiger partial charge in [-0.1, -0.05) is 6.92 Å². The molecule has 6 heteroatoms. The predicted molar refractivity (Wildman–Crippen MR) is 71.8 cm³/mol. The van der Waals surface area contributed by atoms with Crippen LogP contribution in [-0.4, -0.2) is 47.4 Å². The first-order chi connectivity index (χ1) is 9.52. The molecule has 112 valence electrons. The lowest BCUT2D eigenvalue weighted by molar-refractivity contribution is -0.143. The van der Waals surface area contributed by atoms with E-state index in [9.17, 15) is 19.5 Å². The Kier molecular flexibility index (Phi) is 4.62. The molecule has 1 aliphatic heterocycles. The van der Waals surface area contributed by atoms with Gasteiger partial charge in [0.05, 0.1) is 12.5 Å². The molecule has 0 aromatic rings. The van der Waals surface area contributed by atoms with E-state index >= 15 is 0 Å². The molecule has 1 heterocycles. The van der Waals surface area contributed by atoms with Crippen LogP contribution in [0.1, 0.15) is 32.6 Å². The van der Waals surface area contributed by atoms with Gasteiger partial charge in [0, 0.05) is 19.5 Å². The average molecular weight is 282 g/mol. The van der Waals surface area contributed by atoms with Gasteiger partial charge in [-0.05, 0) is 31.1 Å². The molecule has 2 atom stereocenters. The molecule has 0 bridgehead atoms. The molecule has 0 aromatic carbocycles. The van der Waals surface area contributed by atoms with Crippen molar-refractivity contribution in [3.05, 3.63) is 0 Å². The first-order valence-corrected chi connectivity index (χ1v) is 7.30. The van der Waals surface area contributed by atoms with Gasteiger partial charge >= 0.3 is 5.97 Å². The highest BCUT2D eigenvalue weighted by Crippen LogP contribution is 2.44. The Morgan fingerprint density at radius 2 is 1.95 bits per heavy atom. The summed E-state index contributed by atoms with van der Waals surface area (Å²) in [4.78, 5) is 36.2. The number of carbonyl (C=O) groups excluding carboxylic acids is 2. The second-order valence-corrected chi connectivity index (χ2v) is 5.77. The van der Waals surface area contributed by atoms with E-state index in [0.29, 0.717) is 18.9 Å². The van der Waals surface area contributed by atoms with E-state index in [1.807, 2.05) is 6.92 Å². The fourth-order valence-electron chi connectivity index (χ4n) is 2.90. The summed E-state index contributed by atoms with van der Waals surface area (Å²) in [6, 6.07) is 0. The Morgan fingerprint density at radius 1 is 1.25 bits per heavy atom. The maximum Gasteiger partial charge on any atom is 0.308 e. The molecule has 6 nitrogen and oxygen atoms in total. The van der Waals surface area contributed by atoms with Crippen LogP contribution in [-0.2, 0) is 14.4 Å². The zero-order valence-electron chi connectivity index (χ0n) is 11.8.